The Balaban J connectivity index is 3.82. The molecule has 0 rings (SSSR count). The summed E-state index contributed by atoms with van der Waals surface area (Å²) in [5.41, 5.74) is 21.7. The molecule has 0 heterocycles. The van der Waals surface area contributed by atoms with Gasteiger partial charge in [-0.3, -0.25) is 9.59 Å². The molecule has 8 heteroatoms. The molecular weight excluding hydrogens is 248 g/mol. The van der Waals surface area contributed by atoms with Crippen LogP contribution in [0.4, 0.5) is 0 Å². The topological polar surface area (TPSA) is 162 Å². The Kier molecular flexibility index (Phi) is 9.06. The van der Waals surface area contributed by atoms with Crippen LogP contribution in [-0.4, -0.2) is 49.6 Å². The fraction of sp³-hybridized carbons (Fsp3) is 0.818. The number of rotatable bonds is 9. The molecule has 0 aromatic rings. The van der Waals surface area contributed by atoms with E-state index in [0.29, 0.717) is 25.9 Å². The Hall–Kier alpha value is -1.22. The Morgan fingerprint density at radius 3 is 2.21 bits per heavy atom. The number of carbonyl (C=O) groups is 2. The molecule has 0 radical (unpaired) electrons. The zero-order chi connectivity index (χ0) is 14.8. The molecule has 0 spiro atoms. The van der Waals surface area contributed by atoms with Crippen LogP contribution in [0.15, 0.2) is 0 Å². The van der Waals surface area contributed by atoms with Gasteiger partial charge in [0.25, 0.3) is 0 Å². The lowest BCUT2D eigenvalue weighted by molar-refractivity contribution is -0.122. The molecule has 0 saturated carbocycles. The lowest BCUT2D eigenvalue weighted by Crippen LogP contribution is -2.49. The number of hydrogen-bond donors (Lipinski definition) is 6. The van der Waals surface area contributed by atoms with E-state index in [1.165, 1.54) is 0 Å². The molecule has 2 amide bonds. The van der Waals surface area contributed by atoms with E-state index >= 15 is 0 Å². The Morgan fingerprint density at radius 1 is 1.05 bits per heavy atom. The third kappa shape index (κ3) is 7.73. The first kappa shape index (κ1) is 17.8. The third-order valence-electron chi connectivity index (χ3n) is 2.67. The Bertz CT molecular complexity index is 286. The van der Waals surface area contributed by atoms with Crippen LogP contribution in [0.25, 0.3) is 0 Å². The van der Waals surface area contributed by atoms with Crippen molar-refractivity contribution in [1.82, 2.24) is 10.6 Å². The van der Waals surface area contributed by atoms with Gasteiger partial charge in [-0.1, -0.05) is 0 Å². The van der Waals surface area contributed by atoms with Crippen LogP contribution in [0.3, 0.4) is 0 Å². The highest BCUT2D eigenvalue weighted by Crippen LogP contribution is 1.91. The molecule has 3 unspecified atom stereocenters. The van der Waals surface area contributed by atoms with E-state index in [1.54, 1.807) is 0 Å². The zero-order valence-corrected chi connectivity index (χ0v) is 11.4. The lowest BCUT2D eigenvalue weighted by atomic mass is 10.2. The van der Waals surface area contributed by atoms with Crippen LogP contribution in [0.2, 0.25) is 0 Å². The molecule has 8 nitrogen and oxygen atoms in total. The van der Waals surface area contributed by atoms with Gasteiger partial charge in [0, 0.05) is 19.1 Å². The largest absolute Gasteiger partial charge is 0.355 e. The number of amides is 2. The average molecular weight is 274 g/mol. The summed E-state index contributed by atoms with van der Waals surface area (Å²) in [6, 6.07) is -1.38. The third-order valence-corrected chi connectivity index (χ3v) is 2.67. The molecule has 0 aromatic heterocycles. The van der Waals surface area contributed by atoms with E-state index < -0.39 is 12.1 Å². The Labute approximate surface area is 113 Å². The number of carbonyl (C=O) groups excluding carboxylic acids is 2. The molecular formula is C11H26N6O2. The summed E-state index contributed by atoms with van der Waals surface area (Å²) >= 11 is 0. The number of nitrogens with one attached hydrogen (secondary N) is 2. The monoisotopic (exact) mass is 274 g/mol. The maximum Gasteiger partial charge on any atom is 0.238 e. The predicted molar refractivity (Wildman–Crippen MR) is 73.9 cm³/mol. The van der Waals surface area contributed by atoms with Crippen molar-refractivity contribution in [1.29, 1.82) is 0 Å². The summed E-state index contributed by atoms with van der Waals surface area (Å²) in [6.07, 6.45) is 1.04. The van der Waals surface area contributed by atoms with Crippen LogP contribution in [0.5, 0.6) is 0 Å². The highest BCUT2D eigenvalue weighted by Gasteiger charge is 2.15. The van der Waals surface area contributed by atoms with Crippen molar-refractivity contribution in [3.63, 3.8) is 0 Å². The second kappa shape index (κ2) is 9.68. The maximum atomic E-state index is 11.5. The minimum absolute atomic E-state index is 0.100. The molecule has 10 N–H and O–H groups in total. The van der Waals surface area contributed by atoms with Crippen LogP contribution < -0.4 is 33.6 Å². The van der Waals surface area contributed by atoms with E-state index in [9.17, 15) is 9.59 Å². The summed E-state index contributed by atoms with van der Waals surface area (Å²) in [5.74, 6) is -0.524. The highest BCUT2D eigenvalue weighted by atomic mass is 16.2. The number of hydrogen-bond acceptors (Lipinski definition) is 6. The molecule has 0 aliphatic rings. The van der Waals surface area contributed by atoms with Crippen molar-refractivity contribution in [3.8, 4) is 0 Å². The van der Waals surface area contributed by atoms with Crippen molar-refractivity contribution in [2.75, 3.05) is 19.6 Å². The molecule has 3 atom stereocenters. The first-order valence-electron chi connectivity index (χ1n) is 6.41. The summed E-state index contributed by atoms with van der Waals surface area (Å²) in [5, 5.41) is 5.40. The minimum atomic E-state index is -0.699. The van der Waals surface area contributed by atoms with Crippen molar-refractivity contribution in [2.45, 2.75) is 37.9 Å². The Morgan fingerprint density at radius 2 is 1.68 bits per heavy atom. The molecule has 0 aromatic carbocycles. The zero-order valence-electron chi connectivity index (χ0n) is 11.4. The van der Waals surface area contributed by atoms with Gasteiger partial charge in [-0.2, -0.15) is 0 Å². The van der Waals surface area contributed by atoms with Gasteiger partial charge in [0.15, 0.2) is 0 Å². The maximum absolute atomic E-state index is 11.5. The second-order valence-corrected chi connectivity index (χ2v) is 4.52. The van der Waals surface area contributed by atoms with E-state index in [1.807, 2.05) is 6.92 Å². The van der Waals surface area contributed by atoms with Crippen molar-refractivity contribution < 1.29 is 9.59 Å². The molecule has 0 saturated heterocycles. The van der Waals surface area contributed by atoms with Crippen LogP contribution in [0.1, 0.15) is 19.8 Å². The average Bonchev–Trinajstić information content (AvgIpc) is 2.37. The van der Waals surface area contributed by atoms with Gasteiger partial charge in [0.1, 0.15) is 0 Å². The van der Waals surface area contributed by atoms with Gasteiger partial charge in [-0.25, -0.2) is 0 Å². The smallest absolute Gasteiger partial charge is 0.238 e. The van der Waals surface area contributed by atoms with Crippen molar-refractivity contribution in [3.05, 3.63) is 0 Å². The molecule has 112 valence electrons. The van der Waals surface area contributed by atoms with Gasteiger partial charge in [-0.05, 0) is 26.3 Å². The SMILES string of the molecule is CC(CCNC(=O)C(N)CCN)NC(=O)C(N)CN. The molecule has 19 heavy (non-hydrogen) atoms. The van der Waals surface area contributed by atoms with Gasteiger partial charge < -0.3 is 33.6 Å². The molecule has 0 aliphatic carbocycles. The first-order valence-corrected chi connectivity index (χ1v) is 6.41. The van der Waals surface area contributed by atoms with E-state index in [4.69, 9.17) is 22.9 Å². The normalized spacial score (nSPS) is 15.4. The predicted octanol–water partition coefficient (Wildman–Crippen LogP) is -3.04. The number of nitrogens with two attached hydrogens (primary N) is 4. The quantitative estimate of drug-likeness (QED) is 0.262. The molecule has 0 aliphatic heterocycles. The van der Waals surface area contributed by atoms with E-state index in [2.05, 4.69) is 10.6 Å². The highest BCUT2D eigenvalue weighted by molar-refractivity contribution is 5.82. The van der Waals surface area contributed by atoms with Gasteiger partial charge in [-0.15, -0.1) is 0 Å². The molecule has 0 fully saturated rings. The van der Waals surface area contributed by atoms with E-state index in [-0.39, 0.29) is 24.4 Å². The van der Waals surface area contributed by atoms with Crippen molar-refractivity contribution in [2.24, 2.45) is 22.9 Å². The molecule has 0 bridgehead atoms. The summed E-state index contributed by atoms with van der Waals surface area (Å²) < 4.78 is 0. The minimum Gasteiger partial charge on any atom is -0.355 e. The van der Waals surface area contributed by atoms with Gasteiger partial charge >= 0.3 is 0 Å². The summed E-state index contributed by atoms with van der Waals surface area (Å²) in [7, 11) is 0. The van der Waals surface area contributed by atoms with Crippen LogP contribution in [-0.2, 0) is 9.59 Å². The first-order chi connectivity index (χ1) is 8.92. The fourth-order valence-electron chi connectivity index (χ4n) is 1.38. The summed E-state index contributed by atoms with van der Waals surface area (Å²) in [4.78, 5) is 22.9. The fourth-order valence-corrected chi connectivity index (χ4v) is 1.38. The second-order valence-electron chi connectivity index (χ2n) is 4.52. The van der Waals surface area contributed by atoms with Gasteiger partial charge in [0.2, 0.25) is 11.8 Å². The van der Waals surface area contributed by atoms with Crippen LogP contribution in [0, 0.1) is 0 Å². The van der Waals surface area contributed by atoms with Crippen LogP contribution >= 0.6 is 0 Å². The van der Waals surface area contributed by atoms with Gasteiger partial charge in [0.05, 0.1) is 12.1 Å². The van der Waals surface area contributed by atoms with E-state index in [0.717, 1.165) is 0 Å². The van der Waals surface area contributed by atoms with Crippen molar-refractivity contribution >= 4 is 11.8 Å². The summed E-state index contributed by atoms with van der Waals surface area (Å²) in [6.45, 7) is 2.73. The standard InChI is InChI=1S/C11H26N6O2/c1-7(17-11(19)9(15)6-13)3-5-16-10(18)8(14)2-4-12/h7-9H,2-6,12-15H2,1H3,(H,16,18)(H,17,19). The lowest BCUT2D eigenvalue weighted by Gasteiger charge is -2.17.